The fourth-order valence-electron chi connectivity index (χ4n) is 1.70. The van der Waals surface area contributed by atoms with Gasteiger partial charge in [-0.25, -0.2) is 4.79 Å². The molecule has 14 heavy (non-hydrogen) atoms. The molecule has 0 aromatic rings. The molecule has 0 aromatic carbocycles. The maximum Gasteiger partial charge on any atom is 0.317 e. The predicted octanol–water partition coefficient (Wildman–Crippen LogP) is -0.877. The van der Waals surface area contributed by atoms with Crippen molar-refractivity contribution in [3.63, 3.8) is 0 Å². The lowest BCUT2D eigenvalue weighted by molar-refractivity contribution is 0.110. The molecular formula is C9H17N3O2. The Hall–Kier alpha value is -0.810. The van der Waals surface area contributed by atoms with Crippen LogP contribution in [0, 0.1) is 0 Å². The number of aliphatic hydroxyl groups excluding tert-OH is 1. The molecule has 1 aliphatic heterocycles. The van der Waals surface area contributed by atoms with E-state index < -0.39 is 6.10 Å². The maximum atomic E-state index is 11.6. The van der Waals surface area contributed by atoms with Crippen LogP contribution in [0.3, 0.4) is 0 Å². The number of carbonyl (C=O) groups is 1. The molecule has 1 heterocycles. The summed E-state index contributed by atoms with van der Waals surface area (Å²) in [4.78, 5) is 13.2. The topological polar surface area (TPSA) is 64.6 Å². The number of hydrogen-bond donors (Lipinski definition) is 3. The molecule has 2 amide bonds. The molecule has 5 nitrogen and oxygen atoms in total. The minimum atomic E-state index is -0.440. The summed E-state index contributed by atoms with van der Waals surface area (Å²) in [6.45, 7) is 1.25. The Bertz CT molecular complexity index is 230. The quantitative estimate of drug-likeness (QED) is 0.541. The zero-order valence-electron chi connectivity index (χ0n) is 8.36. The van der Waals surface area contributed by atoms with Crippen LogP contribution in [0.5, 0.6) is 0 Å². The molecule has 1 saturated carbocycles. The smallest absolute Gasteiger partial charge is 0.317 e. The van der Waals surface area contributed by atoms with Gasteiger partial charge in [0.25, 0.3) is 0 Å². The van der Waals surface area contributed by atoms with Gasteiger partial charge in [0.15, 0.2) is 0 Å². The van der Waals surface area contributed by atoms with Crippen LogP contribution in [0.2, 0.25) is 0 Å². The second-order valence-corrected chi connectivity index (χ2v) is 4.13. The van der Waals surface area contributed by atoms with Crippen molar-refractivity contribution in [2.24, 2.45) is 0 Å². The third-order valence-electron chi connectivity index (χ3n) is 2.87. The summed E-state index contributed by atoms with van der Waals surface area (Å²) in [7, 11) is 1.73. The first-order chi connectivity index (χ1) is 6.68. The molecule has 80 valence electrons. The van der Waals surface area contributed by atoms with Crippen LogP contribution in [-0.4, -0.2) is 54.4 Å². The minimum absolute atomic E-state index is 0.0692. The second kappa shape index (κ2) is 3.74. The standard InChI is InChI=1S/C9H17N3O2/c1-12(7-4-10-5-8(7)13)9(14)11-6-2-3-6/h6-8,10,13H,2-5H2,1H3,(H,11,14)/t7-,8-/m1/s1. The molecule has 2 rings (SSSR count). The predicted molar refractivity (Wildman–Crippen MR) is 52.0 cm³/mol. The van der Waals surface area contributed by atoms with Crippen LogP contribution in [0.4, 0.5) is 4.79 Å². The summed E-state index contributed by atoms with van der Waals surface area (Å²) in [5.74, 6) is 0. The van der Waals surface area contributed by atoms with Gasteiger partial charge in [-0.15, -0.1) is 0 Å². The summed E-state index contributed by atoms with van der Waals surface area (Å²) in [5.41, 5.74) is 0. The number of aliphatic hydroxyl groups is 1. The lowest BCUT2D eigenvalue weighted by atomic mass is 10.2. The summed E-state index contributed by atoms with van der Waals surface area (Å²) >= 11 is 0. The molecule has 1 aliphatic carbocycles. The number of β-amino-alcohol motifs (C(OH)–C–C–N with tert-alkyl or cyclic N) is 1. The molecule has 0 unspecified atom stereocenters. The van der Waals surface area contributed by atoms with E-state index in [1.807, 2.05) is 0 Å². The molecule has 0 bridgehead atoms. The average Bonchev–Trinajstić information content (AvgIpc) is 2.86. The van der Waals surface area contributed by atoms with Gasteiger partial charge in [0.1, 0.15) is 0 Å². The Morgan fingerprint density at radius 1 is 1.50 bits per heavy atom. The summed E-state index contributed by atoms with van der Waals surface area (Å²) in [6.07, 6.45) is 1.74. The van der Waals surface area contributed by atoms with Crippen molar-refractivity contribution in [3.8, 4) is 0 Å². The van der Waals surface area contributed by atoms with Crippen molar-refractivity contribution in [3.05, 3.63) is 0 Å². The Balaban J connectivity index is 1.85. The SMILES string of the molecule is CN(C(=O)NC1CC1)[C@@H]1CNC[C@H]1O. The number of urea groups is 1. The number of hydrogen-bond acceptors (Lipinski definition) is 3. The molecule has 2 atom stereocenters. The zero-order chi connectivity index (χ0) is 10.1. The summed E-state index contributed by atoms with van der Waals surface area (Å²) < 4.78 is 0. The number of amides is 2. The lowest BCUT2D eigenvalue weighted by Crippen LogP contribution is -2.49. The number of likely N-dealkylation sites (N-methyl/N-ethyl adjacent to an activating group) is 1. The van der Waals surface area contributed by atoms with Crippen LogP contribution in [-0.2, 0) is 0 Å². The summed E-state index contributed by atoms with van der Waals surface area (Å²) in [5, 5.41) is 15.5. The fourth-order valence-corrected chi connectivity index (χ4v) is 1.70. The number of nitrogens with zero attached hydrogens (tertiary/aromatic N) is 1. The highest BCUT2D eigenvalue weighted by Gasteiger charge is 2.33. The maximum absolute atomic E-state index is 11.6. The molecule has 5 heteroatoms. The minimum Gasteiger partial charge on any atom is -0.390 e. The van der Waals surface area contributed by atoms with Crippen LogP contribution < -0.4 is 10.6 Å². The molecule has 2 fully saturated rings. The third-order valence-corrected chi connectivity index (χ3v) is 2.87. The Morgan fingerprint density at radius 3 is 2.71 bits per heavy atom. The molecule has 1 saturated heterocycles. The van der Waals surface area contributed by atoms with E-state index in [4.69, 9.17) is 0 Å². The van der Waals surface area contributed by atoms with Gasteiger partial charge in [0, 0.05) is 26.2 Å². The van der Waals surface area contributed by atoms with Crippen LogP contribution in [0.15, 0.2) is 0 Å². The van der Waals surface area contributed by atoms with E-state index in [1.165, 1.54) is 0 Å². The van der Waals surface area contributed by atoms with Crippen LogP contribution >= 0.6 is 0 Å². The van der Waals surface area contributed by atoms with Gasteiger partial charge >= 0.3 is 6.03 Å². The molecular weight excluding hydrogens is 182 g/mol. The largest absolute Gasteiger partial charge is 0.390 e. The van der Waals surface area contributed by atoms with E-state index in [0.717, 1.165) is 12.8 Å². The lowest BCUT2D eigenvalue weighted by Gasteiger charge is -2.26. The average molecular weight is 199 g/mol. The van der Waals surface area contributed by atoms with Gasteiger partial charge in [-0.1, -0.05) is 0 Å². The van der Waals surface area contributed by atoms with E-state index in [0.29, 0.717) is 19.1 Å². The first-order valence-electron chi connectivity index (χ1n) is 5.10. The van der Waals surface area contributed by atoms with Crippen molar-refractivity contribution in [1.29, 1.82) is 0 Å². The normalized spacial score (nSPS) is 31.6. The van der Waals surface area contributed by atoms with Crippen molar-refractivity contribution in [2.75, 3.05) is 20.1 Å². The summed E-state index contributed by atoms with van der Waals surface area (Å²) in [6, 6.07) is 0.213. The molecule has 0 aromatic heterocycles. The first-order valence-corrected chi connectivity index (χ1v) is 5.10. The van der Waals surface area contributed by atoms with Gasteiger partial charge in [-0.3, -0.25) is 0 Å². The van der Waals surface area contributed by atoms with E-state index in [9.17, 15) is 9.90 Å². The van der Waals surface area contributed by atoms with E-state index >= 15 is 0 Å². The van der Waals surface area contributed by atoms with Crippen molar-refractivity contribution >= 4 is 6.03 Å². The van der Waals surface area contributed by atoms with Crippen molar-refractivity contribution in [2.45, 2.75) is 31.0 Å². The second-order valence-electron chi connectivity index (χ2n) is 4.13. The van der Waals surface area contributed by atoms with Gasteiger partial charge in [-0.2, -0.15) is 0 Å². The Morgan fingerprint density at radius 2 is 2.21 bits per heavy atom. The monoisotopic (exact) mass is 199 g/mol. The molecule has 0 radical (unpaired) electrons. The Kier molecular flexibility index (Phi) is 2.60. The van der Waals surface area contributed by atoms with Crippen LogP contribution in [0.25, 0.3) is 0 Å². The molecule has 3 N–H and O–H groups in total. The van der Waals surface area contributed by atoms with Crippen molar-refractivity contribution in [1.82, 2.24) is 15.5 Å². The fraction of sp³-hybridized carbons (Fsp3) is 0.889. The van der Waals surface area contributed by atoms with Crippen molar-refractivity contribution < 1.29 is 9.90 Å². The molecule has 0 spiro atoms. The number of nitrogens with one attached hydrogen (secondary N) is 2. The molecule has 2 aliphatic rings. The van der Waals surface area contributed by atoms with Crippen LogP contribution in [0.1, 0.15) is 12.8 Å². The highest BCUT2D eigenvalue weighted by Crippen LogP contribution is 2.19. The Labute approximate surface area is 83.5 Å². The third kappa shape index (κ3) is 1.99. The zero-order valence-corrected chi connectivity index (χ0v) is 8.36. The highest BCUT2D eigenvalue weighted by molar-refractivity contribution is 5.75. The first kappa shape index (κ1) is 9.73. The van der Waals surface area contributed by atoms with Gasteiger partial charge in [0.05, 0.1) is 12.1 Å². The number of carbonyl (C=O) groups excluding carboxylic acids is 1. The van der Waals surface area contributed by atoms with E-state index in [2.05, 4.69) is 10.6 Å². The van der Waals surface area contributed by atoms with Gasteiger partial charge < -0.3 is 20.6 Å². The van der Waals surface area contributed by atoms with E-state index in [-0.39, 0.29) is 12.1 Å². The number of rotatable bonds is 2. The van der Waals surface area contributed by atoms with E-state index in [1.54, 1.807) is 11.9 Å². The van der Waals surface area contributed by atoms with Gasteiger partial charge in [-0.05, 0) is 12.8 Å². The van der Waals surface area contributed by atoms with Gasteiger partial charge in [0.2, 0.25) is 0 Å². The highest BCUT2D eigenvalue weighted by atomic mass is 16.3.